The molecule has 14 heavy (non-hydrogen) atoms. The fraction of sp³-hybridized carbons (Fsp3) is 0.182. The Morgan fingerprint density at radius 1 is 1.29 bits per heavy atom. The quantitative estimate of drug-likeness (QED) is 0.542. The van der Waals surface area contributed by atoms with Crippen molar-refractivity contribution in [3.8, 4) is 5.75 Å². The van der Waals surface area contributed by atoms with Gasteiger partial charge in [-0.2, -0.15) is 0 Å². The number of hydrogen-bond donors (Lipinski definition) is 0. The molecule has 0 aliphatic heterocycles. The van der Waals surface area contributed by atoms with Crippen molar-refractivity contribution in [1.29, 1.82) is 0 Å². The van der Waals surface area contributed by atoms with Crippen molar-refractivity contribution in [1.82, 2.24) is 0 Å². The fourth-order valence-corrected chi connectivity index (χ4v) is 1.03. The summed E-state index contributed by atoms with van der Waals surface area (Å²) in [5.74, 6) is 0.351. The van der Waals surface area contributed by atoms with Gasteiger partial charge in [-0.25, -0.2) is 4.79 Å². The van der Waals surface area contributed by atoms with E-state index in [4.69, 9.17) is 4.74 Å². The fourth-order valence-electron chi connectivity index (χ4n) is 1.03. The van der Waals surface area contributed by atoms with E-state index in [0.717, 1.165) is 11.3 Å². The van der Waals surface area contributed by atoms with Gasteiger partial charge in [0, 0.05) is 11.6 Å². The molecule has 0 heterocycles. The van der Waals surface area contributed by atoms with Crippen LogP contribution in [0.5, 0.6) is 5.75 Å². The van der Waals surface area contributed by atoms with Crippen LogP contribution in [0.4, 0.5) is 0 Å². The molecular formula is C11H12O3. The van der Waals surface area contributed by atoms with E-state index < -0.39 is 0 Å². The number of hydrogen-bond acceptors (Lipinski definition) is 3. The molecule has 0 saturated heterocycles. The van der Waals surface area contributed by atoms with Gasteiger partial charge in [-0.15, -0.1) is 0 Å². The van der Waals surface area contributed by atoms with Crippen LogP contribution in [-0.4, -0.2) is 20.2 Å². The molecule has 1 aromatic carbocycles. The second-order valence-electron chi connectivity index (χ2n) is 2.60. The molecule has 3 nitrogen and oxygen atoms in total. The Morgan fingerprint density at radius 2 is 2.00 bits per heavy atom. The summed E-state index contributed by atoms with van der Waals surface area (Å²) in [6.45, 7) is 0. The van der Waals surface area contributed by atoms with Gasteiger partial charge in [0.05, 0.1) is 14.2 Å². The maximum absolute atomic E-state index is 10.8. The minimum absolute atomic E-state index is 0.379. The predicted octanol–water partition coefficient (Wildman–Crippen LogP) is 1.88. The maximum atomic E-state index is 10.8. The molecule has 0 unspecified atom stereocenters. The predicted molar refractivity (Wildman–Crippen MR) is 54.0 cm³/mol. The first-order valence-electron chi connectivity index (χ1n) is 4.17. The normalized spacial score (nSPS) is 10.1. The largest absolute Gasteiger partial charge is 0.496 e. The van der Waals surface area contributed by atoms with Crippen LogP contribution in [-0.2, 0) is 9.53 Å². The van der Waals surface area contributed by atoms with Crippen molar-refractivity contribution in [2.24, 2.45) is 0 Å². The number of esters is 1. The maximum Gasteiger partial charge on any atom is 0.330 e. The smallest absolute Gasteiger partial charge is 0.330 e. The molecule has 0 aliphatic carbocycles. The second kappa shape index (κ2) is 5.07. The van der Waals surface area contributed by atoms with E-state index >= 15 is 0 Å². The van der Waals surface area contributed by atoms with Gasteiger partial charge in [-0.05, 0) is 12.1 Å². The molecule has 3 heteroatoms. The zero-order valence-electron chi connectivity index (χ0n) is 8.19. The molecule has 1 aromatic rings. The minimum Gasteiger partial charge on any atom is -0.496 e. The van der Waals surface area contributed by atoms with Gasteiger partial charge >= 0.3 is 5.97 Å². The van der Waals surface area contributed by atoms with Crippen molar-refractivity contribution in [3.63, 3.8) is 0 Å². The van der Waals surface area contributed by atoms with Crippen LogP contribution < -0.4 is 4.74 Å². The van der Waals surface area contributed by atoms with Crippen LogP contribution >= 0.6 is 0 Å². The number of benzene rings is 1. The number of methoxy groups -OCH3 is 2. The summed E-state index contributed by atoms with van der Waals surface area (Å²) < 4.78 is 9.59. The van der Waals surface area contributed by atoms with Gasteiger partial charge in [0.15, 0.2) is 0 Å². The molecule has 0 spiro atoms. The molecule has 0 bridgehead atoms. The highest BCUT2D eigenvalue weighted by Crippen LogP contribution is 2.18. The molecule has 0 radical (unpaired) electrons. The first-order chi connectivity index (χ1) is 6.77. The number of carbonyl (C=O) groups excluding carboxylic acids is 1. The molecule has 0 amide bonds. The van der Waals surface area contributed by atoms with Crippen LogP contribution in [0.1, 0.15) is 5.56 Å². The highest BCUT2D eigenvalue weighted by Gasteiger charge is 1.97. The number of rotatable bonds is 3. The van der Waals surface area contributed by atoms with E-state index in [1.54, 1.807) is 13.2 Å². The molecule has 0 fully saturated rings. The summed E-state index contributed by atoms with van der Waals surface area (Å²) in [7, 11) is 2.93. The Kier molecular flexibility index (Phi) is 3.73. The van der Waals surface area contributed by atoms with E-state index in [1.165, 1.54) is 13.2 Å². The average molecular weight is 192 g/mol. The van der Waals surface area contributed by atoms with Crippen molar-refractivity contribution >= 4 is 12.0 Å². The molecule has 0 aliphatic rings. The van der Waals surface area contributed by atoms with Crippen molar-refractivity contribution < 1.29 is 14.3 Å². The lowest BCUT2D eigenvalue weighted by molar-refractivity contribution is -0.134. The Bertz CT molecular complexity index is 342. The molecule has 74 valence electrons. The summed E-state index contributed by atoms with van der Waals surface area (Å²) in [6.07, 6.45) is 3.02. The first kappa shape index (κ1) is 10.3. The molecular weight excluding hydrogens is 180 g/mol. The minimum atomic E-state index is -0.379. The lowest BCUT2D eigenvalue weighted by atomic mass is 10.2. The SMILES string of the molecule is COC(=O)C=Cc1ccccc1OC. The summed E-state index contributed by atoms with van der Waals surface area (Å²) in [4.78, 5) is 10.8. The van der Waals surface area contributed by atoms with Gasteiger partial charge in [-0.3, -0.25) is 0 Å². The third-order valence-corrected chi connectivity index (χ3v) is 1.74. The van der Waals surface area contributed by atoms with Crippen LogP contribution in [0.3, 0.4) is 0 Å². The second-order valence-corrected chi connectivity index (χ2v) is 2.60. The third kappa shape index (κ3) is 2.62. The van der Waals surface area contributed by atoms with Crippen LogP contribution in [0.2, 0.25) is 0 Å². The van der Waals surface area contributed by atoms with Crippen LogP contribution in [0.15, 0.2) is 30.3 Å². The Morgan fingerprint density at radius 3 is 2.64 bits per heavy atom. The Balaban J connectivity index is 2.85. The number of ether oxygens (including phenoxy) is 2. The third-order valence-electron chi connectivity index (χ3n) is 1.74. The van der Waals surface area contributed by atoms with E-state index in [1.807, 2.05) is 24.3 Å². The highest BCUT2D eigenvalue weighted by atomic mass is 16.5. The van der Waals surface area contributed by atoms with Crippen LogP contribution in [0, 0.1) is 0 Å². The van der Waals surface area contributed by atoms with E-state index in [2.05, 4.69) is 4.74 Å². The zero-order valence-corrected chi connectivity index (χ0v) is 8.19. The van der Waals surface area contributed by atoms with Gasteiger partial charge in [0.25, 0.3) is 0 Å². The van der Waals surface area contributed by atoms with Gasteiger partial charge in [0.2, 0.25) is 0 Å². The highest BCUT2D eigenvalue weighted by molar-refractivity contribution is 5.87. The lowest BCUT2D eigenvalue weighted by Gasteiger charge is -2.02. The zero-order chi connectivity index (χ0) is 10.4. The number of para-hydroxylation sites is 1. The van der Waals surface area contributed by atoms with Crippen LogP contribution in [0.25, 0.3) is 6.08 Å². The topological polar surface area (TPSA) is 35.5 Å². The molecule has 0 saturated carbocycles. The summed E-state index contributed by atoms with van der Waals surface area (Å²) in [5, 5.41) is 0. The lowest BCUT2D eigenvalue weighted by Crippen LogP contribution is -1.93. The summed E-state index contributed by atoms with van der Waals surface area (Å²) >= 11 is 0. The Hall–Kier alpha value is -1.77. The van der Waals surface area contributed by atoms with Crippen molar-refractivity contribution in [2.75, 3.05) is 14.2 Å². The number of carbonyl (C=O) groups is 1. The first-order valence-corrected chi connectivity index (χ1v) is 4.17. The van der Waals surface area contributed by atoms with Gasteiger partial charge in [-0.1, -0.05) is 18.2 Å². The Labute approximate surface area is 83.0 Å². The average Bonchev–Trinajstić information content (AvgIpc) is 2.26. The monoisotopic (exact) mass is 192 g/mol. The molecule has 0 N–H and O–H groups in total. The molecule has 1 rings (SSSR count). The summed E-state index contributed by atoms with van der Waals surface area (Å²) in [6, 6.07) is 7.43. The van der Waals surface area contributed by atoms with Gasteiger partial charge in [0.1, 0.15) is 5.75 Å². The standard InChI is InChI=1S/C11H12O3/c1-13-10-6-4-3-5-9(10)7-8-11(12)14-2/h3-8H,1-2H3. The van der Waals surface area contributed by atoms with Gasteiger partial charge < -0.3 is 9.47 Å². The molecule has 0 atom stereocenters. The van der Waals surface area contributed by atoms with E-state index in [-0.39, 0.29) is 5.97 Å². The van der Waals surface area contributed by atoms with Crippen molar-refractivity contribution in [3.05, 3.63) is 35.9 Å². The molecule has 0 aromatic heterocycles. The van der Waals surface area contributed by atoms with E-state index in [9.17, 15) is 4.79 Å². The van der Waals surface area contributed by atoms with E-state index in [0.29, 0.717) is 0 Å². The summed E-state index contributed by atoms with van der Waals surface area (Å²) in [5.41, 5.74) is 0.848. The van der Waals surface area contributed by atoms with Crippen molar-refractivity contribution in [2.45, 2.75) is 0 Å².